The van der Waals surface area contributed by atoms with Crippen molar-refractivity contribution >= 4 is 16.7 Å². The highest BCUT2D eigenvalue weighted by Crippen LogP contribution is 2.28. The lowest BCUT2D eigenvalue weighted by Crippen LogP contribution is -2.26. The van der Waals surface area contributed by atoms with E-state index < -0.39 is 0 Å². The third-order valence-electron chi connectivity index (χ3n) is 3.24. The Balaban J connectivity index is 2.21. The van der Waals surface area contributed by atoms with Gasteiger partial charge in [0.1, 0.15) is 11.8 Å². The highest BCUT2D eigenvalue weighted by atomic mass is 16.3. The molecule has 92 valence electrons. The van der Waals surface area contributed by atoms with Crippen LogP contribution in [0.4, 0.5) is 5.69 Å². The van der Waals surface area contributed by atoms with Crippen LogP contribution in [-0.2, 0) is 0 Å². The van der Waals surface area contributed by atoms with Crippen molar-refractivity contribution in [3.8, 4) is 0 Å². The van der Waals surface area contributed by atoms with E-state index in [2.05, 4.69) is 17.9 Å². The highest BCUT2D eigenvalue weighted by Gasteiger charge is 2.13. The molecule has 1 heterocycles. The van der Waals surface area contributed by atoms with Crippen LogP contribution in [0.15, 0.2) is 34.9 Å². The van der Waals surface area contributed by atoms with Gasteiger partial charge in [0, 0.05) is 25.6 Å². The molecule has 0 bridgehead atoms. The number of hydrogen-bond donors (Lipinski definition) is 1. The van der Waals surface area contributed by atoms with E-state index >= 15 is 0 Å². The molecule has 0 fully saturated rings. The number of fused-ring (bicyclic) bond motifs is 1. The summed E-state index contributed by atoms with van der Waals surface area (Å²) in [5.41, 5.74) is 2.00. The Morgan fingerprint density at radius 1 is 1.35 bits per heavy atom. The molecule has 0 radical (unpaired) electrons. The van der Waals surface area contributed by atoms with Crippen LogP contribution in [0, 0.1) is 5.92 Å². The zero-order valence-corrected chi connectivity index (χ0v) is 10.4. The van der Waals surface area contributed by atoms with E-state index in [1.165, 1.54) is 0 Å². The fourth-order valence-corrected chi connectivity index (χ4v) is 2.06. The maximum Gasteiger partial charge on any atom is 0.136 e. The molecular formula is C14H19NO2. The van der Waals surface area contributed by atoms with Crippen LogP contribution in [0.3, 0.4) is 0 Å². The summed E-state index contributed by atoms with van der Waals surface area (Å²) in [6.45, 7) is 3.18. The minimum Gasteiger partial charge on any atom is -0.462 e. The van der Waals surface area contributed by atoms with E-state index in [1.807, 2.05) is 25.2 Å². The number of rotatable bonds is 5. The van der Waals surface area contributed by atoms with Gasteiger partial charge in [0.2, 0.25) is 0 Å². The van der Waals surface area contributed by atoms with Crippen molar-refractivity contribution < 1.29 is 9.52 Å². The predicted octanol–water partition coefficient (Wildman–Crippen LogP) is 2.89. The third kappa shape index (κ3) is 2.44. The molecule has 3 heteroatoms. The molecule has 0 saturated heterocycles. The van der Waals surface area contributed by atoms with E-state index in [9.17, 15) is 5.11 Å². The number of anilines is 1. The Morgan fingerprint density at radius 2 is 2.12 bits per heavy atom. The molecule has 3 nitrogen and oxygen atoms in total. The van der Waals surface area contributed by atoms with E-state index in [1.54, 1.807) is 6.26 Å². The first-order valence-electron chi connectivity index (χ1n) is 6.04. The second kappa shape index (κ2) is 5.23. The minimum atomic E-state index is 0.233. The molecule has 17 heavy (non-hydrogen) atoms. The van der Waals surface area contributed by atoms with Gasteiger partial charge in [-0.25, -0.2) is 0 Å². The zero-order chi connectivity index (χ0) is 12.3. The van der Waals surface area contributed by atoms with Crippen LogP contribution in [0.2, 0.25) is 0 Å². The zero-order valence-electron chi connectivity index (χ0n) is 10.4. The molecule has 1 aromatic heterocycles. The summed E-state index contributed by atoms with van der Waals surface area (Å²) in [5, 5.41) is 10.4. The summed E-state index contributed by atoms with van der Waals surface area (Å²) in [7, 11) is 2.04. The minimum absolute atomic E-state index is 0.233. The van der Waals surface area contributed by atoms with Gasteiger partial charge in [0.25, 0.3) is 0 Å². The average molecular weight is 233 g/mol. The SMILES string of the molecule is CCC(CO)CN(C)c1coc2ccccc12. The van der Waals surface area contributed by atoms with Gasteiger partial charge in [-0.05, 0) is 24.5 Å². The van der Waals surface area contributed by atoms with Gasteiger partial charge >= 0.3 is 0 Å². The maximum absolute atomic E-state index is 9.24. The largest absolute Gasteiger partial charge is 0.462 e. The van der Waals surface area contributed by atoms with Crippen LogP contribution < -0.4 is 4.90 Å². The summed E-state index contributed by atoms with van der Waals surface area (Å²) >= 11 is 0. The van der Waals surface area contributed by atoms with Crippen LogP contribution >= 0.6 is 0 Å². The summed E-state index contributed by atoms with van der Waals surface area (Å²) in [6, 6.07) is 8.01. The Hall–Kier alpha value is -1.48. The van der Waals surface area contributed by atoms with Crippen LogP contribution in [0.1, 0.15) is 13.3 Å². The van der Waals surface area contributed by atoms with Gasteiger partial charge in [0.05, 0.1) is 5.69 Å². The Kier molecular flexibility index (Phi) is 3.69. The number of nitrogens with zero attached hydrogens (tertiary/aromatic N) is 1. The Morgan fingerprint density at radius 3 is 2.82 bits per heavy atom. The molecule has 2 rings (SSSR count). The highest BCUT2D eigenvalue weighted by molar-refractivity contribution is 5.90. The lowest BCUT2D eigenvalue weighted by Gasteiger charge is -2.22. The van der Waals surface area contributed by atoms with Crippen molar-refractivity contribution in [1.82, 2.24) is 0 Å². The summed E-state index contributed by atoms with van der Waals surface area (Å²) in [4.78, 5) is 2.15. The van der Waals surface area contributed by atoms with Crippen LogP contribution in [-0.4, -0.2) is 25.3 Å². The van der Waals surface area contributed by atoms with E-state index in [4.69, 9.17) is 4.42 Å². The van der Waals surface area contributed by atoms with E-state index in [0.717, 1.165) is 29.6 Å². The molecule has 1 aromatic carbocycles. The van der Waals surface area contributed by atoms with Crippen molar-refractivity contribution in [2.75, 3.05) is 25.1 Å². The van der Waals surface area contributed by atoms with Crippen LogP contribution in [0.25, 0.3) is 11.0 Å². The average Bonchev–Trinajstić information content (AvgIpc) is 2.79. The standard InChI is InChI=1S/C14H19NO2/c1-3-11(9-16)8-15(2)13-10-17-14-7-5-4-6-12(13)14/h4-7,10-11,16H,3,8-9H2,1-2H3. The number of aliphatic hydroxyl groups is 1. The van der Waals surface area contributed by atoms with Gasteiger partial charge in [-0.2, -0.15) is 0 Å². The first kappa shape index (κ1) is 12.0. The molecule has 1 atom stereocenters. The summed E-state index contributed by atoms with van der Waals surface area (Å²) < 4.78 is 5.51. The molecule has 0 amide bonds. The molecule has 1 N–H and O–H groups in total. The van der Waals surface area contributed by atoms with Crippen molar-refractivity contribution in [2.24, 2.45) is 5.92 Å². The first-order chi connectivity index (χ1) is 8.26. The predicted molar refractivity (Wildman–Crippen MR) is 70.4 cm³/mol. The molecule has 0 saturated carbocycles. The first-order valence-corrected chi connectivity index (χ1v) is 6.04. The monoisotopic (exact) mass is 233 g/mol. The van der Waals surface area contributed by atoms with E-state index in [0.29, 0.717) is 5.92 Å². The molecule has 1 unspecified atom stereocenters. The number of para-hydroxylation sites is 1. The van der Waals surface area contributed by atoms with Gasteiger partial charge < -0.3 is 14.4 Å². The molecule has 0 spiro atoms. The lowest BCUT2D eigenvalue weighted by atomic mass is 10.1. The third-order valence-corrected chi connectivity index (χ3v) is 3.24. The van der Waals surface area contributed by atoms with Gasteiger partial charge in [-0.3, -0.25) is 0 Å². The van der Waals surface area contributed by atoms with Crippen LogP contribution in [0.5, 0.6) is 0 Å². The summed E-state index contributed by atoms with van der Waals surface area (Å²) in [6.07, 6.45) is 2.77. The number of hydrogen-bond acceptors (Lipinski definition) is 3. The topological polar surface area (TPSA) is 36.6 Å². The molecule has 0 aliphatic rings. The van der Waals surface area contributed by atoms with Crippen molar-refractivity contribution in [3.05, 3.63) is 30.5 Å². The Bertz CT molecular complexity index is 474. The lowest BCUT2D eigenvalue weighted by molar-refractivity contribution is 0.225. The fourth-order valence-electron chi connectivity index (χ4n) is 2.06. The second-order valence-electron chi connectivity index (χ2n) is 4.45. The number of aliphatic hydroxyl groups excluding tert-OH is 1. The van der Waals surface area contributed by atoms with Gasteiger partial charge in [-0.1, -0.05) is 19.1 Å². The van der Waals surface area contributed by atoms with E-state index in [-0.39, 0.29) is 6.61 Å². The number of benzene rings is 1. The van der Waals surface area contributed by atoms with Gasteiger partial charge in [-0.15, -0.1) is 0 Å². The Labute approximate surface area is 102 Å². The second-order valence-corrected chi connectivity index (χ2v) is 4.45. The molecule has 0 aliphatic heterocycles. The number of furan rings is 1. The maximum atomic E-state index is 9.24. The summed E-state index contributed by atoms with van der Waals surface area (Å²) in [5.74, 6) is 0.314. The normalized spacial score (nSPS) is 12.9. The van der Waals surface area contributed by atoms with Crippen molar-refractivity contribution in [1.29, 1.82) is 0 Å². The quantitative estimate of drug-likeness (QED) is 0.862. The van der Waals surface area contributed by atoms with Gasteiger partial charge in [0.15, 0.2) is 0 Å². The fraction of sp³-hybridized carbons (Fsp3) is 0.429. The van der Waals surface area contributed by atoms with Crippen molar-refractivity contribution in [3.63, 3.8) is 0 Å². The van der Waals surface area contributed by atoms with Crippen molar-refractivity contribution in [2.45, 2.75) is 13.3 Å². The molecule has 2 aromatic rings. The smallest absolute Gasteiger partial charge is 0.136 e. The molecular weight excluding hydrogens is 214 g/mol. The molecule has 0 aliphatic carbocycles.